The number of hydrogen-bond donors (Lipinski definition) is 2. The summed E-state index contributed by atoms with van der Waals surface area (Å²) < 4.78 is 36.4. The number of aryl methyl sites for hydroxylation is 1. The Morgan fingerprint density at radius 2 is 1.93 bits per heavy atom. The normalized spacial score (nSPS) is 32.3. The average Bonchev–Trinajstić information content (AvgIpc) is 3.06. The summed E-state index contributed by atoms with van der Waals surface area (Å²) in [7, 11) is -2.28. The first-order chi connectivity index (χ1) is 20.6. The molecule has 4 atom stereocenters. The van der Waals surface area contributed by atoms with E-state index in [2.05, 4.69) is 21.8 Å². The maximum absolute atomic E-state index is 13.7. The summed E-state index contributed by atoms with van der Waals surface area (Å²) >= 11 is 6.39. The van der Waals surface area contributed by atoms with Crippen molar-refractivity contribution < 1.29 is 23.1 Å². The molecule has 2 bridgehead atoms. The standard InChI is InChI=1S/C33H40ClN3O5S/c1-36-16-3-6-29(38)26-10-7-23(26)19-37-20-32(13-2-5-22-17-24(34)8-11-27(22)32)21-42-30-12-9-25(18-28(30)37)43(40,41)35-31(39)33(36)14-4-15-33/h3,6,8-9,11-12,17-18,23,26,29,38H,2,4-5,7,10,13-16,19-21H2,1H3,(H,35,39)/b6-3+/t23-,26+,29-,32-/m0/s1. The van der Waals surface area contributed by atoms with Gasteiger partial charge in [0.05, 0.1) is 23.3 Å². The molecule has 8 nitrogen and oxygen atoms in total. The molecule has 0 saturated heterocycles. The topological polar surface area (TPSA) is 99.2 Å². The SMILES string of the molecule is CN1C/C=C/[C@H](O)[C@@H]2CC[C@H]2CN2C[C@@]3(CCCc4cc(Cl)ccc43)COc3ccc(cc32)S(=O)(=O)NC(=O)C12CCC2. The van der Waals surface area contributed by atoms with Gasteiger partial charge < -0.3 is 14.7 Å². The van der Waals surface area contributed by atoms with Crippen LogP contribution in [0.15, 0.2) is 53.4 Å². The van der Waals surface area contributed by atoms with Gasteiger partial charge in [0.1, 0.15) is 11.3 Å². The zero-order chi connectivity index (χ0) is 30.0. The van der Waals surface area contributed by atoms with Gasteiger partial charge in [0.2, 0.25) is 0 Å². The van der Waals surface area contributed by atoms with Crippen LogP contribution in [0.25, 0.3) is 0 Å². The van der Waals surface area contributed by atoms with E-state index < -0.39 is 27.6 Å². The van der Waals surface area contributed by atoms with Gasteiger partial charge in [-0.05, 0) is 112 Å². The summed E-state index contributed by atoms with van der Waals surface area (Å²) in [6.07, 6.45) is 10.1. The smallest absolute Gasteiger partial charge is 0.264 e. The van der Waals surface area contributed by atoms with Crippen LogP contribution >= 0.6 is 11.6 Å². The van der Waals surface area contributed by atoms with Gasteiger partial charge in [-0.15, -0.1) is 0 Å². The number of amides is 1. The largest absolute Gasteiger partial charge is 0.490 e. The lowest BCUT2D eigenvalue weighted by atomic mass is 9.68. The van der Waals surface area contributed by atoms with E-state index in [1.54, 1.807) is 12.1 Å². The number of nitrogens with zero attached hydrogens (tertiary/aromatic N) is 2. The number of hydrogen-bond acceptors (Lipinski definition) is 7. The highest BCUT2D eigenvalue weighted by molar-refractivity contribution is 7.90. The molecule has 43 heavy (non-hydrogen) atoms. The molecule has 2 saturated carbocycles. The number of sulfonamides is 1. The molecule has 2 spiro atoms. The summed E-state index contributed by atoms with van der Waals surface area (Å²) in [5, 5.41) is 11.9. The van der Waals surface area contributed by atoms with Gasteiger partial charge >= 0.3 is 0 Å². The van der Waals surface area contributed by atoms with E-state index >= 15 is 0 Å². The highest BCUT2D eigenvalue weighted by Crippen LogP contribution is 2.47. The molecule has 5 aliphatic rings. The molecular formula is C33H40ClN3O5S. The summed E-state index contributed by atoms with van der Waals surface area (Å²) in [4.78, 5) is 17.8. The molecule has 2 fully saturated rings. The lowest BCUT2D eigenvalue weighted by Gasteiger charge is -2.47. The Balaban J connectivity index is 1.31. The van der Waals surface area contributed by atoms with Crippen LogP contribution in [0.2, 0.25) is 5.02 Å². The number of ether oxygens (including phenoxy) is 1. The van der Waals surface area contributed by atoms with E-state index in [0.717, 1.165) is 43.5 Å². The minimum absolute atomic E-state index is 0.0503. The fourth-order valence-electron chi connectivity index (χ4n) is 8.06. The van der Waals surface area contributed by atoms with Crippen LogP contribution in [0.4, 0.5) is 5.69 Å². The Hall–Kier alpha value is -2.59. The van der Waals surface area contributed by atoms with Gasteiger partial charge in [0, 0.05) is 30.1 Å². The Kier molecular flexibility index (Phi) is 7.31. The van der Waals surface area contributed by atoms with Crippen molar-refractivity contribution in [1.82, 2.24) is 9.62 Å². The molecule has 2 N–H and O–H groups in total. The van der Waals surface area contributed by atoms with E-state index in [0.29, 0.717) is 50.5 Å². The van der Waals surface area contributed by atoms with Gasteiger partial charge in [0.15, 0.2) is 0 Å². The molecule has 2 aliphatic heterocycles. The fraction of sp³-hybridized carbons (Fsp3) is 0.545. The number of rotatable bonds is 0. The molecule has 7 rings (SSSR count). The fourth-order valence-corrected chi connectivity index (χ4v) is 9.32. The summed E-state index contributed by atoms with van der Waals surface area (Å²) in [5.74, 6) is 0.500. The van der Waals surface area contributed by atoms with Crippen LogP contribution in [0.1, 0.15) is 56.1 Å². The zero-order valence-electron chi connectivity index (χ0n) is 24.6. The number of benzene rings is 2. The minimum Gasteiger partial charge on any atom is -0.490 e. The molecular weight excluding hydrogens is 586 g/mol. The lowest BCUT2D eigenvalue weighted by molar-refractivity contribution is -0.136. The Bertz CT molecular complexity index is 1570. The van der Waals surface area contributed by atoms with Gasteiger partial charge in [-0.25, -0.2) is 13.1 Å². The first-order valence-electron chi connectivity index (χ1n) is 15.5. The third-order valence-corrected chi connectivity index (χ3v) is 12.5. The lowest BCUT2D eigenvalue weighted by Crippen LogP contribution is -2.62. The van der Waals surface area contributed by atoms with Crippen LogP contribution in [-0.4, -0.2) is 69.3 Å². The van der Waals surface area contributed by atoms with Crippen LogP contribution in [-0.2, 0) is 26.7 Å². The van der Waals surface area contributed by atoms with E-state index in [1.165, 1.54) is 17.2 Å². The maximum Gasteiger partial charge on any atom is 0.264 e. The van der Waals surface area contributed by atoms with Crippen molar-refractivity contribution in [3.63, 3.8) is 0 Å². The Morgan fingerprint density at radius 3 is 2.67 bits per heavy atom. The van der Waals surface area contributed by atoms with Crippen LogP contribution < -0.4 is 14.4 Å². The first-order valence-corrected chi connectivity index (χ1v) is 17.4. The third kappa shape index (κ3) is 4.96. The molecule has 230 valence electrons. The monoisotopic (exact) mass is 625 g/mol. The number of halogens is 1. The second-order valence-electron chi connectivity index (χ2n) is 13.4. The quantitative estimate of drug-likeness (QED) is 0.418. The zero-order valence-corrected chi connectivity index (χ0v) is 26.2. The number of fused-ring (bicyclic) bond motifs is 4. The summed E-state index contributed by atoms with van der Waals surface area (Å²) in [6, 6.07) is 11.1. The molecule has 0 unspecified atom stereocenters. The van der Waals surface area contributed by atoms with Crippen molar-refractivity contribution in [3.8, 4) is 5.75 Å². The molecule has 0 aromatic heterocycles. The number of carbonyl (C=O) groups is 1. The van der Waals surface area contributed by atoms with E-state index in [1.807, 2.05) is 30.2 Å². The van der Waals surface area contributed by atoms with Crippen LogP contribution in [0.5, 0.6) is 5.75 Å². The van der Waals surface area contributed by atoms with Crippen LogP contribution in [0.3, 0.4) is 0 Å². The number of aliphatic hydroxyl groups is 1. The van der Waals surface area contributed by atoms with Crippen molar-refractivity contribution >= 4 is 33.2 Å². The summed E-state index contributed by atoms with van der Waals surface area (Å²) in [5.41, 5.74) is 2.02. The predicted octanol–water partition coefficient (Wildman–Crippen LogP) is 4.43. The van der Waals surface area contributed by atoms with Crippen molar-refractivity contribution in [2.45, 2.75) is 73.3 Å². The van der Waals surface area contributed by atoms with Gasteiger partial charge in [-0.3, -0.25) is 9.69 Å². The van der Waals surface area contributed by atoms with E-state index in [9.17, 15) is 18.3 Å². The first kappa shape index (κ1) is 29.1. The third-order valence-electron chi connectivity index (χ3n) is 11.0. The predicted molar refractivity (Wildman–Crippen MR) is 166 cm³/mol. The second-order valence-corrected chi connectivity index (χ2v) is 15.5. The van der Waals surface area contributed by atoms with Gasteiger partial charge in [0.25, 0.3) is 15.9 Å². The molecule has 3 aliphatic carbocycles. The molecule has 0 radical (unpaired) electrons. The second kappa shape index (κ2) is 10.8. The maximum atomic E-state index is 13.7. The molecule has 1 amide bonds. The minimum atomic E-state index is -4.13. The van der Waals surface area contributed by atoms with Crippen molar-refractivity contribution in [1.29, 1.82) is 0 Å². The molecule has 2 heterocycles. The average molecular weight is 626 g/mol. The number of aliphatic hydroxyl groups excluding tert-OH is 1. The highest BCUT2D eigenvalue weighted by atomic mass is 35.5. The number of carbonyl (C=O) groups excluding carboxylic acids is 1. The van der Waals surface area contributed by atoms with E-state index in [4.69, 9.17) is 16.3 Å². The number of likely N-dealkylation sites (N-methyl/N-ethyl adjacent to an activating group) is 1. The van der Waals surface area contributed by atoms with Crippen molar-refractivity contribution in [2.75, 3.05) is 38.2 Å². The Morgan fingerprint density at radius 1 is 1.09 bits per heavy atom. The van der Waals surface area contributed by atoms with Crippen molar-refractivity contribution in [3.05, 3.63) is 64.7 Å². The van der Waals surface area contributed by atoms with Gasteiger partial charge in [-0.1, -0.05) is 29.8 Å². The molecule has 10 heteroatoms. The van der Waals surface area contributed by atoms with Crippen molar-refractivity contribution in [2.24, 2.45) is 11.8 Å². The Labute approximate surface area is 259 Å². The van der Waals surface area contributed by atoms with Gasteiger partial charge in [-0.2, -0.15) is 0 Å². The summed E-state index contributed by atoms with van der Waals surface area (Å²) in [6.45, 7) is 2.27. The number of nitrogens with one attached hydrogen (secondary N) is 1. The molecule has 2 aromatic rings. The van der Waals surface area contributed by atoms with E-state index in [-0.39, 0.29) is 22.1 Å². The highest BCUT2D eigenvalue weighted by Gasteiger charge is 2.49. The molecule has 2 aromatic carbocycles. The number of anilines is 1. The van der Waals surface area contributed by atoms with Crippen LogP contribution in [0, 0.1) is 11.8 Å².